The average Bonchev–Trinajstić information content (AvgIpc) is 2.77. The second-order valence-electron chi connectivity index (χ2n) is 6.89. The fourth-order valence-corrected chi connectivity index (χ4v) is 4.11. The van der Waals surface area contributed by atoms with Crippen molar-refractivity contribution in [3.8, 4) is 11.5 Å². The van der Waals surface area contributed by atoms with E-state index in [2.05, 4.69) is 10.0 Å². The Balaban J connectivity index is 1.55. The van der Waals surface area contributed by atoms with Crippen LogP contribution in [-0.4, -0.2) is 34.6 Å². The van der Waals surface area contributed by atoms with Crippen LogP contribution >= 0.6 is 11.6 Å². The van der Waals surface area contributed by atoms with Crippen LogP contribution in [0.3, 0.4) is 0 Å². The highest BCUT2D eigenvalue weighted by Crippen LogP contribution is 2.23. The highest BCUT2D eigenvalue weighted by molar-refractivity contribution is 7.92. The van der Waals surface area contributed by atoms with Crippen molar-refractivity contribution in [3.05, 3.63) is 82.9 Å². The molecule has 1 amide bonds. The minimum Gasteiger partial charge on any atom is -0.497 e. The quantitative estimate of drug-likeness (QED) is 0.452. The molecule has 0 heterocycles. The second-order valence-corrected chi connectivity index (χ2v) is 8.98. The van der Waals surface area contributed by atoms with Gasteiger partial charge in [-0.1, -0.05) is 29.3 Å². The van der Waals surface area contributed by atoms with Gasteiger partial charge in [-0.05, 0) is 61.5 Å². The molecule has 0 atom stereocenters. The van der Waals surface area contributed by atoms with Crippen LogP contribution in [0.1, 0.15) is 15.9 Å². The molecule has 9 heteroatoms. The minimum atomic E-state index is -3.76. The Kier molecular flexibility index (Phi) is 7.61. The molecule has 32 heavy (non-hydrogen) atoms. The zero-order chi connectivity index (χ0) is 23.1. The first kappa shape index (κ1) is 23.4. The van der Waals surface area contributed by atoms with Crippen LogP contribution in [-0.2, 0) is 10.0 Å². The summed E-state index contributed by atoms with van der Waals surface area (Å²) in [6.45, 7) is 2.41. The molecule has 3 rings (SSSR count). The second kappa shape index (κ2) is 10.4. The molecule has 0 fully saturated rings. The van der Waals surface area contributed by atoms with Crippen molar-refractivity contribution in [2.24, 2.45) is 0 Å². The van der Waals surface area contributed by atoms with Crippen molar-refractivity contribution in [3.63, 3.8) is 0 Å². The predicted octanol–water partition coefficient (Wildman–Crippen LogP) is 4.27. The summed E-state index contributed by atoms with van der Waals surface area (Å²) in [5, 5.41) is 2.85. The van der Waals surface area contributed by atoms with Gasteiger partial charge in [0.05, 0.1) is 34.8 Å². The molecule has 0 aliphatic carbocycles. The van der Waals surface area contributed by atoms with Crippen LogP contribution in [0.5, 0.6) is 11.5 Å². The van der Waals surface area contributed by atoms with Crippen LogP contribution in [0.2, 0.25) is 5.02 Å². The maximum absolute atomic E-state index is 12.5. The first-order valence-electron chi connectivity index (χ1n) is 9.72. The van der Waals surface area contributed by atoms with Crippen LogP contribution in [0.15, 0.2) is 71.6 Å². The van der Waals surface area contributed by atoms with E-state index in [0.717, 1.165) is 11.3 Å². The summed E-state index contributed by atoms with van der Waals surface area (Å²) >= 11 is 6.22. The number of methoxy groups -OCH3 is 1. The van der Waals surface area contributed by atoms with Gasteiger partial charge in [0, 0.05) is 0 Å². The van der Waals surface area contributed by atoms with Gasteiger partial charge in [0.25, 0.3) is 15.9 Å². The zero-order valence-electron chi connectivity index (χ0n) is 17.6. The first-order valence-corrected chi connectivity index (χ1v) is 11.6. The molecule has 7 nitrogen and oxygen atoms in total. The summed E-state index contributed by atoms with van der Waals surface area (Å²) in [7, 11) is -2.18. The number of halogens is 1. The number of nitrogens with one attached hydrogen (secondary N) is 2. The van der Waals surface area contributed by atoms with Gasteiger partial charge < -0.3 is 14.8 Å². The molecule has 0 radical (unpaired) electrons. The lowest BCUT2D eigenvalue weighted by atomic mass is 10.2. The number of aryl methyl sites for hydroxylation is 1. The van der Waals surface area contributed by atoms with Gasteiger partial charge in [-0.25, -0.2) is 8.42 Å². The number of anilines is 1. The van der Waals surface area contributed by atoms with E-state index < -0.39 is 10.0 Å². The average molecular weight is 475 g/mol. The van der Waals surface area contributed by atoms with E-state index in [1.807, 2.05) is 6.92 Å². The van der Waals surface area contributed by atoms with Gasteiger partial charge in [0.2, 0.25) is 0 Å². The van der Waals surface area contributed by atoms with Crippen molar-refractivity contribution < 1.29 is 22.7 Å². The number of ether oxygens (including phenoxy) is 2. The molecule has 3 aromatic carbocycles. The van der Waals surface area contributed by atoms with Crippen molar-refractivity contribution in [1.82, 2.24) is 5.32 Å². The van der Waals surface area contributed by atoms with Crippen molar-refractivity contribution in [2.45, 2.75) is 11.8 Å². The molecule has 0 unspecified atom stereocenters. The number of benzene rings is 3. The maximum atomic E-state index is 12.5. The number of carbonyl (C=O) groups is 1. The normalized spacial score (nSPS) is 11.0. The Labute approximate surface area is 192 Å². The number of hydrogen-bond donors (Lipinski definition) is 2. The van der Waals surface area contributed by atoms with E-state index in [-0.39, 0.29) is 40.2 Å². The predicted molar refractivity (Wildman–Crippen MR) is 124 cm³/mol. The van der Waals surface area contributed by atoms with Gasteiger partial charge >= 0.3 is 0 Å². The summed E-state index contributed by atoms with van der Waals surface area (Å²) in [5.41, 5.74) is 1.45. The Bertz CT molecular complexity index is 1180. The van der Waals surface area contributed by atoms with Gasteiger partial charge in [-0.3, -0.25) is 9.52 Å². The molecular formula is C23H23ClN2O5S. The molecule has 0 saturated heterocycles. The lowest BCUT2D eigenvalue weighted by molar-refractivity contribution is 0.0947. The summed E-state index contributed by atoms with van der Waals surface area (Å²) in [6.07, 6.45) is 0. The van der Waals surface area contributed by atoms with E-state index in [1.54, 1.807) is 43.5 Å². The summed E-state index contributed by atoms with van der Waals surface area (Å²) in [5.74, 6) is 0.995. The zero-order valence-corrected chi connectivity index (χ0v) is 19.2. The molecule has 0 aromatic heterocycles. The third kappa shape index (κ3) is 6.15. The highest BCUT2D eigenvalue weighted by Gasteiger charge is 2.16. The lowest BCUT2D eigenvalue weighted by Gasteiger charge is -2.11. The molecule has 0 saturated carbocycles. The van der Waals surface area contributed by atoms with Crippen LogP contribution in [0, 0.1) is 6.92 Å². The number of sulfonamides is 1. The Morgan fingerprint density at radius 2 is 1.62 bits per heavy atom. The Morgan fingerprint density at radius 3 is 2.25 bits per heavy atom. The first-order chi connectivity index (χ1) is 15.3. The van der Waals surface area contributed by atoms with E-state index >= 15 is 0 Å². The van der Waals surface area contributed by atoms with Crippen molar-refractivity contribution >= 4 is 33.2 Å². The molecule has 3 aromatic rings. The third-order valence-corrected chi connectivity index (χ3v) is 6.22. The summed E-state index contributed by atoms with van der Waals surface area (Å²) in [6, 6.07) is 17.9. The molecule has 0 aliphatic rings. The maximum Gasteiger partial charge on any atom is 0.261 e. The number of carbonyl (C=O) groups excluding carboxylic acids is 1. The molecule has 0 spiro atoms. The van der Waals surface area contributed by atoms with Gasteiger partial charge in [-0.2, -0.15) is 0 Å². The summed E-state index contributed by atoms with van der Waals surface area (Å²) < 4.78 is 38.1. The molecule has 2 N–H and O–H groups in total. The van der Waals surface area contributed by atoms with Crippen LogP contribution in [0.25, 0.3) is 0 Å². The third-order valence-electron chi connectivity index (χ3n) is 4.51. The molecule has 0 bridgehead atoms. The Morgan fingerprint density at radius 1 is 0.969 bits per heavy atom. The fourth-order valence-electron chi connectivity index (χ4n) is 2.79. The highest BCUT2D eigenvalue weighted by atomic mass is 35.5. The SMILES string of the molecule is COc1ccc(OCCNC(=O)c2ccc(NS(=O)(=O)c3ccc(C)cc3)cc2Cl)cc1. The standard InChI is InChI=1S/C23H23ClN2O5S/c1-16-3-10-20(11-4-16)32(28,29)26-17-5-12-21(22(24)15-17)23(27)25-13-14-31-19-8-6-18(30-2)7-9-19/h3-12,15,26H,13-14H2,1-2H3,(H,25,27). The van der Waals surface area contributed by atoms with Gasteiger partial charge in [0.15, 0.2) is 0 Å². The smallest absolute Gasteiger partial charge is 0.261 e. The number of rotatable bonds is 9. The van der Waals surface area contributed by atoms with Crippen LogP contribution < -0.4 is 19.5 Å². The summed E-state index contributed by atoms with van der Waals surface area (Å²) in [4.78, 5) is 12.5. The van der Waals surface area contributed by atoms with E-state index in [4.69, 9.17) is 21.1 Å². The van der Waals surface area contributed by atoms with Gasteiger partial charge in [0.1, 0.15) is 18.1 Å². The topological polar surface area (TPSA) is 93.7 Å². The monoisotopic (exact) mass is 474 g/mol. The lowest BCUT2D eigenvalue weighted by Crippen LogP contribution is -2.28. The van der Waals surface area contributed by atoms with E-state index in [0.29, 0.717) is 5.75 Å². The fraction of sp³-hybridized carbons (Fsp3) is 0.174. The van der Waals surface area contributed by atoms with Crippen molar-refractivity contribution in [2.75, 3.05) is 25.0 Å². The van der Waals surface area contributed by atoms with Gasteiger partial charge in [-0.15, -0.1) is 0 Å². The van der Waals surface area contributed by atoms with Crippen LogP contribution in [0.4, 0.5) is 5.69 Å². The number of amides is 1. The molecule has 0 aliphatic heterocycles. The molecular weight excluding hydrogens is 452 g/mol. The molecule has 168 valence electrons. The Hall–Kier alpha value is -3.23. The van der Waals surface area contributed by atoms with E-state index in [9.17, 15) is 13.2 Å². The minimum absolute atomic E-state index is 0.127. The largest absolute Gasteiger partial charge is 0.497 e. The number of hydrogen-bond acceptors (Lipinski definition) is 5. The van der Waals surface area contributed by atoms with E-state index in [1.165, 1.54) is 30.3 Å². The van der Waals surface area contributed by atoms with Crippen molar-refractivity contribution in [1.29, 1.82) is 0 Å².